The van der Waals surface area contributed by atoms with Crippen molar-refractivity contribution in [3.8, 4) is 11.1 Å². The van der Waals surface area contributed by atoms with Crippen LogP contribution < -0.4 is 0 Å². The molecule has 0 bridgehead atoms. The van der Waals surface area contributed by atoms with E-state index in [1.54, 1.807) is 0 Å². The Bertz CT molecular complexity index is 1360. The average Bonchev–Trinajstić information content (AvgIpc) is 3.46. The summed E-state index contributed by atoms with van der Waals surface area (Å²) >= 11 is 0. The first-order valence-corrected chi connectivity index (χ1v) is 12.9. The number of allylic oxidation sites excluding steroid dienone is 3. The molecule has 0 spiro atoms. The van der Waals surface area contributed by atoms with Gasteiger partial charge in [-0.05, 0) is 63.8 Å². The second-order valence-electron chi connectivity index (χ2n) is 10.2. The molecule has 6 rings (SSSR count). The quantitative estimate of drug-likeness (QED) is 0.194. The fraction of sp³-hybridized carbons (Fsp3) is 0.200. The monoisotopic (exact) mass is 452 g/mol. The lowest BCUT2D eigenvalue weighted by Crippen LogP contribution is -2.36. The summed E-state index contributed by atoms with van der Waals surface area (Å²) in [6.07, 6.45) is 7.95. The molecule has 2 aliphatic rings. The maximum Gasteiger partial charge on any atom is 0.0205 e. The summed E-state index contributed by atoms with van der Waals surface area (Å²) in [7, 11) is 0. The van der Waals surface area contributed by atoms with Crippen LogP contribution in [0.2, 0.25) is 0 Å². The molecule has 2 atom stereocenters. The lowest BCUT2D eigenvalue weighted by atomic mass is 9.60. The summed E-state index contributed by atoms with van der Waals surface area (Å²) in [6.45, 7) is 6.45. The molecule has 0 amide bonds. The lowest BCUT2D eigenvalue weighted by molar-refractivity contribution is 0.381. The van der Waals surface area contributed by atoms with Crippen LogP contribution in [0.1, 0.15) is 65.8 Å². The first-order valence-electron chi connectivity index (χ1n) is 12.9. The van der Waals surface area contributed by atoms with Gasteiger partial charge in [-0.2, -0.15) is 0 Å². The number of hydrogen-bond donors (Lipinski definition) is 0. The molecule has 0 radical (unpaired) electrons. The molecule has 0 heteroatoms. The molecule has 0 N–H and O–H groups in total. The van der Waals surface area contributed by atoms with E-state index in [-0.39, 0.29) is 11.3 Å². The molecule has 2 aliphatic carbocycles. The molecule has 0 saturated carbocycles. The van der Waals surface area contributed by atoms with Gasteiger partial charge in [-0.3, -0.25) is 0 Å². The maximum absolute atomic E-state index is 3.94. The van der Waals surface area contributed by atoms with Crippen molar-refractivity contribution in [2.24, 2.45) is 0 Å². The molecule has 0 nitrogen and oxygen atoms in total. The van der Waals surface area contributed by atoms with Crippen molar-refractivity contribution in [1.82, 2.24) is 0 Å². The van der Waals surface area contributed by atoms with Gasteiger partial charge >= 0.3 is 0 Å². The predicted octanol–water partition coefficient (Wildman–Crippen LogP) is 9.29. The van der Waals surface area contributed by atoms with Gasteiger partial charge < -0.3 is 0 Å². The topological polar surface area (TPSA) is 0 Å². The molecule has 0 fully saturated rings. The second kappa shape index (κ2) is 8.86. The van der Waals surface area contributed by atoms with Crippen molar-refractivity contribution in [3.05, 3.63) is 150 Å². The van der Waals surface area contributed by atoms with Crippen LogP contribution in [0.4, 0.5) is 0 Å². The largest absolute Gasteiger partial charge is 0.103 e. The molecule has 0 aliphatic heterocycles. The van der Waals surface area contributed by atoms with Gasteiger partial charge in [-0.1, -0.05) is 122 Å². The lowest BCUT2D eigenvalue weighted by Gasteiger charge is -2.42. The summed E-state index contributed by atoms with van der Waals surface area (Å²) in [5.74, 6) is 0.572. The summed E-state index contributed by atoms with van der Waals surface area (Å²) in [4.78, 5) is 0. The molecule has 0 saturated heterocycles. The Balaban J connectivity index is 1.59. The Hall–Kier alpha value is -3.64. The maximum atomic E-state index is 3.94. The fourth-order valence-electron chi connectivity index (χ4n) is 6.72. The van der Waals surface area contributed by atoms with Gasteiger partial charge in [0.15, 0.2) is 0 Å². The highest BCUT2D eigenvalue weighted by Crippen LogP contribution is 2.60. The highest BCUT2D eigenvalue weighted by molar-refractivity contribution is 5.81. The Morgan fingerprint density at radius 3 is 1.86 bits per heavy atom. The predicted molar refractivity (Wildman–Crippen MR) is 149 cm³/mol. The van der Waals surface area contributed by atoms with Gasteiger partial charge in [-0.25, -0.2) is 0 Å². The van der Waals surface area contributed by atoms with Crippen LogP contribution in [0.3, 0.4) is 0 Å². The number of hydrogen-bond acceptors (Lipinski definition) is 0. The van der Waals surface area contributed by atoms with Crippen molar-refractivity contribution in [2.75, 3.05) is 0 Å². The highest BCUT2D eigenvalue weighted by atomic mass is 14.5. The minimum absolute atomic E-state index is 0.139. The molecule has 172 valence electrons. The number of fused-ring (bicyclic) bond motifs is 4. The molecule has 4 aromatic carbocycles. The Labute approximate surface area is 209 Å². The number of benzene rings is 4. The average molecular weight is 453 g/mol. The Kier molecular flexibility index (Phi) is 5.53. The van der Waals surface area contributed by atoms with Gasteiger partial charge in [0.05, 0.1) is 0 Å². The first kappa shape index (κ1) is 21.9. The SMILES string of the molecule is C=CCCCC1=CC(C(C)(c2ccccc2)C2c3ccccc3-c3ccccc32)c2ccccc21. The third-order valence-electron chi connectivity index (χ3n) is 8.34. The Morgan fingerprint density at radius 1 is 0.686 bits per heavy atom. The third-order valence-corrected chi connectivity index (χ3v) is 8.34. The van der Waals surface area contributed by atoms with Crippen LogP contribution in [-0.2, 0) is 5.41 Å². The van der Waals surface area contributed by atoms with E-state index in [9.17, 15) is 0 Å². The molecule has 4 aromatic rings. The molecule has 35 heavy (non-hydrogen) atoms. The van der Waals surface area contributed by atoms with Gasteiger partial charge in [0.25, 0.3) is 0 Å². The van der Waals surface area contributed by atoms with Crippen LogP contribution in [-0.4, -0.2) is 0 Å². The van der Waals surface area contributed by atoms with Crippen LogP contribution in [0.15, 0.2) is 122 Å². The van der Waals surface area contributed by atoms with Crippen molar-refractivity contribution in [3.63, 3.8) is 0 Å². The van der Waals surface area contributed by atoms with Gasteiger partial charge in [-0.15, -0.1) is 6.58 Å². The van der Waals surface area contributed by atoms with E-state index in [2.05, 4.69) is 123 Å². The molecule has 2 unspecified atom stereocenters. The first-order chi connectivity index (χ1) is 17.2. The second-order valence-corrected chi connectivity index (χ2v) is 10.2. The summed E-state index contributed by atoms with van der Waals surface area (Å²) < 4.78 is 0. The van der Waals surface area contributed by atoms with Gasteiger partial charge in [0, 0.05) is 17.3 Å². The van der Waals surface area contributed by atoms with E-state index in [4.69, 9.17) is 0 Å². The van der Waals surface area contributed by atoms with E-state index in [1.807, 2.05) is 6.08 Å². The molecular weight excluding hydrogens is 420 g/mol. The van der Waals surface area contributed by atoms with Crippen LogP contribution in [0.25, 0.3) is 16.7 Å². The molecular formula is C35H32. The highest BCUT2D eigenvalue weighted by Gasteiger charge is 2.49. The number of unbranched alkanes of at least 4 members (excludes halogenated alkanes) is 1. The van der Waals surface area contributed by atoms with E-state index >= 15 is 0 Å². The van der Waals surface area contributed by atoms with E-state index in [0.29, 0.717) is 5.92 Å². The van der Waals surface area contributed by atoms with E-state index < -0.39 is 0 Å². The van der Waals surface area contributed by atoms with E-state index in [1.165, 1.54) is 44.5 Å². The van der Waals surface area contributed by atoms with Crippen molar-refractivity contribution in [2.45, 2.75) is 43.4 Å². The van der Waals surface area contributed by atoms with Crippen LogP contribution in [0, 0.1) is 0 Å². The van der Waals surface area contributed by atoms with Gasteiger partial charge in [0.1, 0.15) is 0 Å². The summed E-state index contributed by atoms with van der Waals surface area (Å²) in [5, 5.41) is 0. The minimum atomic E-state index is -0.139. The van der Waals surface area contributed by atoms with Crippen molar-refractivity contribution in [1.29, 1.82) is 0 Å². The normalized spacial score (nSPS) is 17.7. The standard InChI is InChI=1S/C35H32/c1-3-4-6-15-25-24-33(30-21-12-9-18-27(25)30)35(2,26-16-7-5-8-17-26)34-31-22-13-10-19-28(31)29-20-11-14-23-32(29)34/h3,5,7-14,16-24,33-34H,1,4,6,15H2,2H3. The zero-order valence-electron chi connectivity index (χ0n) is 20.5. The van der Waals surface area contributed by atoms with Crippen molar-refractivity contribution < 1.29 is 0 Å². The third kappa shape index (κ3) is 3.43. The smallest absolute Gasteiger partial charge is 0.0205 e. The summed E-state index contributed by atoms with van der Waals surface area (Å²) in [6, 6.07) is 38.5. The minimum Gasteiger partial charge on any atom is -0.103 e. The number of rotatable bonds is 7. The fourth-order valence-corrected chi connectivity index (χ4v) is 6.72. The Morgan fingerprint density at radius 2 is 1.23 bits per heavy atom. The zero-order valence-corrected chi connectivity index (χ0v) is 20.5. The zero-order chi connectivity index (χ0) is 23.8. The van der Waals surface area contributed by atoms with Gasteiger partial charge in [0.2, 0.25) is 0 Å². The summed E-state index contributed by atoms with van der Waals surface area (Å²) in [5.41, 5.74) is 11.3. The van der Waals surface area contributed by atoms with Crippen molar-refractivity contribution >= 4 is 5.57 Å². The molecule has 0 heterocycles. The van der Waals surface area contributed by atoms with E-state index in [0.717, 1.165) is 19.3 Å². The van der Waals surface area contributed by atoms with Crippen LogP contribution >= 0.6 is 0 Å². The van der Waals surface area contributed by atoms with Crippen LogP contribution in [0.5, 0.6) is 0 Å². The molecule has 0 aromatic heterocycles.